The van der Waals surface area contributed by atoms with Crippen molar-refractivity contribution in [3.63, 3.8) is 0 Å². The summed E-state index contributed by atoms with van der Waals surface area (Å²) < 4.78 is 5.17. The molecule has 118 valence electrons. The lowest BCUT2D eigenvalue weighted by molar-refractivity contribution is -0.124. The molecule has 1 heterocycles. The Hall–Kier alpha value is -1.92. The van der Waals surface area contributed by atoms with Gasteiger partial charge in [0.05, 0.1) is 0 Å². The molecular formula is C15H19ClN4O2. The largest absolute Gasteiger partial charge is 0.355 e. The maximum Gasteiger partial charge on any atom is 0.228 e. The average molecular weight is 323 g/mol. The molecule has 2 unspecified atom stereocenters. The molecule has 0 fully saturated rings. The third-order valence-corrected chi connectivity index (χ3v) is 3.63. The van der Waals surface area contributed by atoms with Crippen molar-refractivity contribution in [2.45, 2.75) is 26.3 Å². The van der Waals surface area contributed by atoms with Crippen LogP contribution in [0.5, 0.6) is 0 Å². The number of nitrogens with two attached hydrogens (primary N) is 1. The molecular weight excluding hydrogens is 304 g/mol. The number of amides is 1. The molecule has 6 nitrogen and oxygen atoms in total. The second-order valence-corrected chi connectivity index (χ2v) is 5.65. The SMILES string of the molecule is CC(N)C(C)C(=O)NCCc1nc(-c2cccc(Cl)c2)no1. The van der Waals surface area contributed by atoms with Crippen LogP contribution in [-0.4, -0.2) is 28.6 Å². The molecule has 0 saturated carbocycles. The third kappa shape index (κ3) is 4.29. The molecule has 1 aromatic heterocycles. The van der Waals surface area contributed by atoms with E-state index in [2.05, 4.69) is 15.5 Å². The number of hydrogen-bond acceptors (Lipinski definition) is 5. The van der Waals surface area contributed by atoms with Crippen LogP contribution < -0.4 is 11.1 Å². The van der Waals surface area contributed by atoms with Crippen molar-refractivity contribution in [2.75, 3.05) is 6.54 Å². The molecule has 3 N–H and O–H groups in total. The summed E-state index contributed by atoms with van der Waals surface area (Å²) in [5.41, 5.74) is 6.48. The van der Waals surface area contributed by atoms with Crippen LogP contribution in [-0.2, 0) is 11.2 Å². The van der Waals surface area contributed by atoms with E-state index in [1.54, 1.807) is 26.0 Å². The van der Waals surface area contributed by atoms with Gasteiger partial charge in [0, 0.05) is 35.5 Å². The Morgan fingerprint density at radius 2 is 2.23 bits per heavy atom. The summed E-state index contributed by atoms with van der Waals surface area (Å²) in [5.74, 6) is 0.630. The van der Waals surface area contributed by atoms with Crippen molar-refractivity contribution in [3.8, 4) is 11.4 Å². The molecule has 22 heavy (non-hydrogen) atoms. The molecule has 0 radical (unpaired) electrons. The van der Waals surface area contributed by atoms with E-state index in [1.165, 1.54) is 0 Å². The van der Waals surface area contributed by atoms with E-state index in [4.69, 9.17) is 21.9 Å². The van der Waals surface area contributed by atoms with Gasteiger partial charge in [-0.25, -0.2) is 0 Å². The fourth-order valence-electron chi connectivity index (χ4n) is 1.79. The quantitative estimate of drug-likeness (QED) is 0.848. The van der Waals surface area contributed by atoms with E-state index in [9.17, 15) is 4.79 Å². The minimum atomic E-state index is -0.232. The monoisotopic (exact) mass is 322 g/mol. The summed E-state index contributed by atoms with van der Waals surface area (Å²) in [6.07, 6.45) is 0.463. The van der Waals surface area contributed by atoms with E-state index < -0.39 is 0 Å². The normalized spacial score (nSPS) is 13.6. The standard InChI is InChI=1S/C15H19ClN4O2/c1-9(10(2)17)15(21)18-7-6-13-19-14(20-22-13)11-4-3-5-12(16)8-11/h3-5,8-10H,6-7,17H2,1-2H3,(H,18,21). The van der Waals surface area contributed by atoms with Crippen molar-refractivity contribution in [1.29, 1.82) is 0 Å². The zero-order valence-electron chi connectivity index (χ0n) is 12.5. The maximum atomic E-state index is 11.8. The number of nitrogens with one attached hydrogen (secondary N) is 1. The van der Waals surface area contributed by atoms with Gasteiger partial charge in [0.15, 0.2) is 0 Å². The first-order valence-electron chi connectivity index (χ1n) is 7.09. The first-order valence-corrected chi connectivity index (χ1v) is 7.47. The molecule has 7 heteroatoms. The lowest BCUT2D eigenvalue weighted by Gasteiger charge is -2.14. The van der Waals surface area contributed by atoms with E-state index in [0.29, 0.717) is 29.7 Å². The molecule has 1 aromatic carbocycles. The van der Waals surface area contributed by atoms with Crippen LogP contribution in [0.2, 0.25) is 5.02 Å². The van der Waals surface area contributed by atoms with Crippen molar-refractivity contribution in [2.24, 2.45) is 11.7 Å². The van der Waals surface area contributed by atoms with Gasteiger partial charge in [0.2, 0.25) is 17.6 Å². The zero-order chi connectivity index (χ0) is 16.1. The van der Waals surface area contributed by atoms with Crippen LogP contribution in [0.1, 0.15) is 19.7 Å². The summed E-state index contributed by atoms with van der Waals surface area (Å²) in [7, 11) is 0. The topological polar surface area (TPSA) is 94.0 Å². The highest BCUT2D eigenvalue weighted by Gasteiger charge is 2.16. The number of hydrogen-bond donors (Lipinski definition) is 2. The Balaban J connectivity index is 1.89. The van der Waals surface area contributed by atoms with Crippen LogP contribution in [0.15, 0.2) is 28.8 Å². The first-order chi connectivity index (χ1) is 10.5. The van der Waals surface area contributed by atoms with Gasteiger partial charge in [-0.3, -0.25) is 4.79 Å². The average Bonchev–Trinajstić information content (AvgIpc) is 2.95. The summed E-state index contributed by atoms with van der Waals surface area (Å²) in [5, 5.41) is 7.33. The highest BCUT2D eigenvalue weighted by Crippen LogP contribution is 2.19. The van der Waals surface area contributed by atoms with Gasteiger partial charge in [-0.15, -0.1) is 0 Å². The first kappa shape index (κ1) is 16.5. The predicted octanol–water partition coefficient (Wildman–Crippen LogP) is 2.03. The van der Waals surface area contributed by atoms with E-state index >= 15 is 0 Å². The Labute approximate surface area is 134 Å². The third-order valence-electron chi connectivity index (χ3n) is 3.39. The van der Waals surface area contributed by atoms with Gasteiger partial charge in [0.1, 0.15) is 0 Å². The second kappa shape index (κ2) is 7.38. The van der Waals surface area contributed by atoms with Crippen LogP contribution in [0.3, 0.4) is 0 Å². The molecule has 0 spiro atoms. The number of carbonyl (C=O) groups is 1. The lowest BCUT2D eigenvalue weighted by atomic mass is 10.0. The summed E-state index contributed by atoms with van der Waals surface area (Å²) in [6.45, 7) is 4.02. The van der Waals surface area contributed by atoms with Gasteiger partial charge in [-0.2, -0.15) is 4.98 Å². The molecule has 2 aromatic rings. The number of aromatic nitrogens is 2. The highest BCUT2D eigenvalue weighted by molar-refractivity contribution is 6.30. The van der Waals surface area contributed by atoms with Gasteiger partial charge in [-0.05, 0) is 19.1 Å². The lowest BCUT2D eigenvalue weighted by Crippen LogP contribution is -2.39. The molecule has 0 bridgehead atoms. The second-order valence-electron chi connectivity index (χ2n) is 5.21. The Kier molecular flexibility index (Phi) is 5.51. The molecule has 0 saturated heterocycles. The van der Waals surface area contributed by atoms with E-state index in [-0.39, 0.29) is 17.9 Å². The molecule has 1 amide bonds. The fraction of sp³-hybridized carbons (Fsp3) is 0.400. The number of rotatable bonds is 6. The van der Waals surface area contributed by atoms with Gasteiger partial charge < -0.3 is 15.6 Å². The predicted molar refractivity (Wildman–Crippen MR) is 84.3 cm³/mol. The maximum absolute atomic E-state index is 11.8. The Morgan fingerprint density at radius 1 is 1.45 bits per heavy atom. The fourth-order valence-corrected chi connectivity index (χ4v) is 1.98. The molecule has 2 atom stereocenters. The van der Waals surface area contributed by atoms with E-state index in [1.807, 2.05) is 12.1 Å². The van der Waals surface area contributed by atoms with Gasteiger partial charge >= 0.3 is 0 Å². The van der Waals surface area contributed by atoms with Crippen molar-refractivity contribution < 1.29 is 9.32 Å². The number of benzene rings is 1. The number of carbonyl (C=O) groups excluding carboxylic acids is 1. The number of halogens is 1. The van der Waals surface area contributed by atoms with Crippen LogP contribution in [0, 0.1) is 5.92 Å². The van der Waals surface area contributed by atoms with E-state index in [0.717, 1.165) is 5.56 Å². The summed E-state index contributed by atoms with van der Waals surface area (Å²) >= 11 is 5.93. The minimum Gasteiger partial charge on any atom is -0.355 e. The van der Waals surface area contributed by atoms with Gasteiger partial charge in [0.25, 0.3) is 0 Å². The molecule has 0 aliphatic carbocycles. The molecule has 0 aliphatic heterocycles. The van der Waals surface area contributed by atoms with Crippen LogP contribution >= 0.6 is 11.6 Å². The van der Waals surface area contributed by atoms with Crippen molar-refractivity contribution in [1.82, 2.24) is 15.5 Å². The Morgan fingerprint density at radius 3 is 2.91 bits per heavy atom. The summed E-state index contributed by atoms with van der Waals surface area (Å²) in [4.78, 5) is 16.1. The van der Waals surface area contributed by atoms with Crippen LogP contribution in [0.25, 0.3) is 11.4 Å². The smallest absolute Gasteiger partial charge is 0.228 e. The highest BCUT2D eigenvalue weighted by atomic mass is 35.5. The van der Waals surface area contributed by atoms with Crippen molar-refractivity contribution in [3.05, 3.63) is 35.2 Å². The van der Waals surface area contributed by atoms with Crippen molar-refractivity contribution >= 4 is 17.5 Å². The number of nitrogens with zero attached hydrogens (tertiary/aromatic N) is 2. The molecule has 2 rings (SSSR count). The minimum absolute atomic E-state index is 0.0791. The van der Waals surface area contributed by atoms with Gasteiger partial charge in [-0.1, -0.05) is 35.8 Å². The van der Waals surface area contributed by atoms with Crippen LogP contribution in [0.4, 0.5) is 0 Å². The summed E-state index contributed by atoms with van der Waals surface area (Å²) in [6, 6.07) is 7.04. The zero-order valence-corrected chi connectivity index (χ0v) is 13.3. The Bertz CT molecular complexity index is 642. The molecule has 0 aliphatic rings.